The SMILES string of the molecule is CC/C=C\C/C=C\C/C=C\C/C=C\C/C=C\C/C=C\CC1=CC(=O)OC1O. The van der Waals surface area contributed by atoms with E-state index in [9.17, 15) is 9.90 Å². The Hall–Kier alpha value is -2.39. The van der Waals surface area contributed by atoms with Crippen LogP contribution in [0.5, 0.6) is 0 Å². The number of allylic oxidation sites excluding steroid dienone is 12. The summed E-state index contributed by atoms with van der Waals surface area (Å²) in [6.07, 6.45) is 32.4. The highest BCUT2D eigenvalue weighted by atomic mass is 16.6. The topological polar surface area (TPSA) is 46.5 Å². The Morgan fingerprint density at radius 2 is 1.19 bits per heavy atom. The molecule has 1 heterocycles. The van der Waals surface area contributed by atoms with E-state index in [-0.39, 0.29) is 0 Å². The lowest BCUT2D eigenvalue weighted by molar-refractivity contribution is -0.151. The third-order valence-electron chi connectivity index (χ3n) is 3.80. The number of ether oxygens (including phenoxy) is 1. The highest BCUT2D eigenvalue weighted by molar-refractivity contribution is 5.85. The van der Waals surface area contributed by atoms with E-state index >= 15 is 0 Å². The van der Waals surface area contributed by atoms with Crippen molar-refractivity contribution in [3.63, 3.8) is 0 Å². The molecule has 3 heteroatoms. The summed E-state index contributed by atoms with van der Waals surface area (Å²) in [5.41, 5.74) is 0.611. The molecule has 1 rings (SSSR count). The first-order valence-electron chi connectivity index (χ1n) is 9.73. The first-order valence-corrected chi connectivity index (χ1v) is 9.73. The summed E-state index contributed by atoms with van der Waals surface area (Å²) in [4.78, 5) is 10.9. The van der Waals surface area contributed by atoms with E-state index in [1.165, 1.54) is 6.08 Å². The quantitative estimate of drug-likeness (QED) is 0.326. The van der Waals surface area contributed by atoms with E-state index in [0.29, 0.717) is 12.0 Å². The number of aliphatic hydroxyl groups is 1. The summed E-state index contributed by atoms with van der Waals surface area (Å²) >= 11 is 0. The van der Waals surface area contributed by atoms with Crippen molar-refractivity contribution in [1.82, 2.24) is 0 Å². The first-order chi connectivity index (χ1) is 13.2. The maximum Gasteiger partial charge on any atom is 0.333 e. The second kappa shape index (κ2) is 15.8. The molecule has 146 valence electrons. The van der Waals surface area contributed by atoms with E-state index in [1.54, 1.807) is 0 Å². The molecule has 0 bridgehead atoms. The molecule has 0 aromatic heterocycles. The molecule has 3 nitrogen and oxygen atoms in total. The molecule has 0 aliphatic carbocycles. The lowest BCUT2D eigenvalue weighted by Gasteiger charge is -2.03. The minimum absolute atomic E-state index is 0.469. The van der Waals surface area contributed by atoms with E-state index in [4.69, 9.17) is 0 Å². The smallest absolute Gasteiger partial charge is 0.333 e. The minimum Gasteiger partial charge on any atom is -0.429 e. The van der Waals surface area contributed by atoms with Crippen LogP contribution in [-0.2, 0) is 9.53 Å². The van der Waals surface area contributed by atoms with Crippen LogP contribution < -0.4 is 0 Å². The second-order valence-electron chi connectivity index (χ2n) is 6.13. The number of cyclic esters (lactones) is 1. The van der Waals surface area contributed by atoms with Crippen LogP contribution in [0.15, 0.2) is 84.6 Å². The largest absolute Gasteiger partial charge is 0.429 e. The summed E-state index contributed by atoms with van der Waals surface area (Å²) in [6.45, 7) is 2.15. The van der Waals surface area contributed by atoms with E-state index < -0.39 is 12.3 Å². The molecule has 1 N–H and O–H groups in total. The Labute approximate surface area is 163 Å². The fraction of sp³-hybridized carbons (Fsp3) is 0.375. The normalized spacial score (nSPS) is 18.4. The van der Waals surface area contributed by atoms with Crippen LogP contribution in [0.2, 0.25) is 0 Å². The highest BCUT2D eigenvalue weighted by Crippen LogP contribution is 2.17. The first kappa shape index (κ1) is 22.7. The van der Waals surface area contributed by atoms with Gasteiger partial charge in [0.25, 0.3) is 0 Å². The number of aliphatic hydroxyl groups excluding tert-OH is 1. The minimum atomic E-state index is -1.07. The molecule has 0 saturated carbocycles. The zero-order valence-corrected chi connectivity index (χ0v) is 16.3. The highest BCUT2D eigenvalue weighted by Gasteiger charge is 2.21. The maximum absolute atomic E-state index is 10.9. The maximum atomic E-state index is 10.9. The average Bonchev–Trinajstić information content (AvgIpc) is 2.98. The molecular weight excluding hydrogens is 336 g/mol. The van der Waals surface area contributed by atoms with Crippen molar-refractivity contribution in [2.75, 3.05) is 0 Å². The zero-order chi connectivity index (χ0) is 19.6. The van der Waals surface area contributed by atoms with Crippen LogP contribution in [0.25, 0.3) is 0 Å². The number of hydrogen-bond acceptors (Lipinski definition) is 3. The third kappa shape index (κ3) is 12.6. The van der Waals surface area contributed by atoms with Crippen molar-refractivity contribution in [1.29, 1.82) is 0 Å². The average molecular weight is 369 g/mol. The van der Waals surface area contributed by atoms with E-state index in [1.807, 2.05) is 12.2 Å². The van der Waals surface area contributed by atoms with Crippen molar-refractivity contribution < 1.29 is 14.6 Å². The number of hydrogen-bond donors (Lipinski definition) is 1. The van der Waals surface area contributed by atoms with Gasteiger partial charge in [0.15, 0.2) is 0 Å². The van der Waals surface area contributed by atoms with Crippen LogP contribution in [0, 0.1) is 0 Å². The molecule has 0 amide bonds. The fourth-order valence-corrected chi connectivity index (χ4v) is 2.34. The van der Waals surface area contributed by atoms with Gasteiger partial charge in [-0.05, 0) is 44.9 Å². The van der Waals surface area contributed by atoms with Crippen LogP contribution in [0.3, 0.4) is 0 Å². The van der Waals surface area contributed by atoms with Crippen molar-refractivity contribution in [2.24, 2.45) is 0 Å². The van der Waals surface area contributed by atoms with Gasteiger partial charge in [-0.15, -0.1) is 0 Å². The van der Waals surface area contributed by atoms with Gasteiger partial charge < -0.3 is 9.84 Å². The molecule has 0 saturated heterocycles. The monoisotopic (exact) mass is 368 g/mol. The van der Waals surface area contributed by atoms with Gasteiger partial charge in [0, 0.05) is 11.6 Å². The number of rotatable bonds is 13. The Kier molecular flexibility index (Phi) is 13.3. The molecule has 0 aromatic rings. The van der Waals surface area contributed by atoms with Gasteiger partial charge in [-0.2, -0.15) is 0 Å². The van der Waals surface area contributed by atoms with Gasteiger partial charge in [0.05, 0.1) is 0 Å². The van der Waals surface area contributed by atoms with Crippen molar-refractivity contribution in [3.05, 3.63) is 84.6 Å². The number of carbonyl (C=O) groups excluding carboxylic acids is 1. The Balaban J connectivity index is 2.01. The molecular formula is C24H32O3. The predicted molar refractivity (Wildman–Crippen MR) is 113 cm³/mol. The Bertz CT molecular complexity index is 616. The van der Waals surface area contributed by atoms with E-state index in [2.05, 4.69) is 72.4 Å². The lowest BCUT2D eigenvalue weighted by Crippen LogP contribution is -2.09. The lowest BCUT2D eigenvalue weighted by atomic mass is 10.1. The van der Waals surface area contributed by atoms with Crippen LogP contribution in [-0.4, -0.2) is 17.4 Å². The molecule has 0 aromatic carbocycles. The fourth-order valence-electron chi connectivity index (χ4n) is 2.34. The van der Waals surface area contributed by atoms with E-state index in [0.717, 1.165) is 38.5 Å². The molecule has 1 aliphatic heterocycles. The molecule has 1 aliphatic rings. The standard InChI is InChI=1S/C24H32O3/c1-2-3-4-5-6-7-8-9-10-11-12-13-14-15-16-17-18-19-20-22-21-23(25)27-24(22)26/h3-4,6-7,9-10,12-13,15-16,18-19,21,24,26H,2,5,8,11,14,17,20H2,1H3/b4-3-,7-6-,10-9-,13-12-,16-15-,19-18-. The van der Waals surface area contributed by atoms with Crippen LogP contribution in [0.1, 0.15) is 51.9 Å². The van der Waals surface area contributed by atoms with Gasteiger partial charge in [0.1, 0.15) is 0 Å². The van der Waals surface area contributed by atoms with Crippen molar-refractivity contribution >= 4 is 5.97 Å². The molecule has 0 radical (unpaired) electrons. The van der Waals surface area contributed by atoms with Gasteiger partial charge in [-0.3, -0.25) is 0 Å². The van der Waals surface area contributed by atoms with Gasteiger partial charge in [0.2, 0.25) is 6.29 Å². The predicted octanol–water partition coefficient (Wildman–Crippen LogP) is 5.88. The number of carbonyl (C=O) groups is 1. The molecule has 0 fully saturated rings. The second-order valence-corrected chi connectivity index (χ2v) is 6.13. The summed E-state index contributed by atoms with van der Waals surface area (Å²) in [5.74, 6) is -0.469. The molecule has 27 heavy (non-hydrogen) atoms. The molecule has 1 atom stereocenters. The zero-order valence-electron chi connectivity index (χ0n) is 16.3. The van der Waals surface area contributed by atoms with Gasteiger partial charge in [-0.25, -0.2) is 4.79 Å². The molecule has 0 spiro atoms. The van der Waals surface area contributed by atoms with Crippen LogP contribution >= 0.6 is 0 Å². The van der Waals surface area contributed by atoms with Crippen LogP contribution in [0.4, 0.5) is 0 Å². The van der Waals surface area contributed by atoms with Crippen molar-refractivity contribution in [2.45, 2.75) is 58.2 Å². The Morgan fingerprint density at radius 1 is 0.778 bits per heavy atom. The third-order valence-corrected chi connectivity index (χ3v) is 3.80. The van der Waals surface area contributed by atoms with Gasteiger partial charge >= 0.3 is 5.97 Å². The summed E-state index contributed by atoms with van der Waals surface area (Å²) < 4.78 is 4.62. The molecule has 1 unspecified atom stereocenters. The summed E-state index contributed by atoms with van der Waals surface area (Å²) in [6, 6.07) is 0. The van der Waals surface area contributed by atoms with Gasteiger partial charge in [-0.1, -0.05) is 79.8 Å². The Morgan fingerprint density at radius 3 is 1.56 bits per heavy atom. The summed E-state index contributed by atoms with van der Waals surface area (Å²) in [5, 5.41) is 9.43. The van der Waals surface area contributed by atoms with Crippen molar-refractivity contribution in [3.8, 4) is 0 Å². The summed E-state index contributed by atoms with van der Waals surface area (Å²) in [7, 11) is 0. The number of esters is 1.